The zero-order chi connectivity index (χ0) is 27.1. The van der Waals surface area contributed by atoms with Crippen molar-refractivity contribution < 1.29 is 18.0 Å². The van der Waals surface area contributed by atoms with Crippen molar-refractivity contribution >= 4 is 33.4 Å². The molecule has 2 unspecified atom stereocenters. The lowest BCUT2D eigenvalue weighted by Crippen LogP contribution is -2.66. The van der Waals surface area contributed by atoms with Gasteiger partial charge in [-0.05, 0) is 87.7 Å². The van der Waals surface area contributed by atoms with Gasteiger partial charge in [0.05, 0.1) is 5.02 Å². The van der Waals surface area contributed by atoms with Crippen LogP contribution in [0.4, 0.5) is 0 Å². The van der Waals surface area contributed by atoms with Crippen molar-refractivity contribution in [2.45, 2.75) is 113 Å². The van der Waals surface area contributed by atoms with Gasteiger partial charge in [-0.3, -0.25) is 9.59 Å². The summed E-state index contributed by atoms with van der Waals surface area (Å²) in [7, 11) is -3.96. The van der Waals surface area contributed by atoms with Crippen molar-refractivity contribution in [1.29, 1.82) is 0 Å². The van der Waals surface area contributed by atoms with Gasteiger partial charge < -0.3 is 10.6 Å². The average Bonchev–Trinajstić information content (AvgIpc) is 2.83. The fourth-order valence-corrected chi connectivity index (χ4v) is 9.61. The Balaban J connectivity index is 1.29. The van der Waals surface area contributed by atoms with E-state index in [2.05, 4.69) is 29.2 Å². The Morgan fingerprint density at radius 3 is 2.13 bits per heavy atom. The molecular weight excluding hydrogens is 522 g/mol. The van der Waals surface area contributed by atoms with E-state index in [1.807, 2.05) is 0 Å². The van der Waals surface area contributed by atoms with Gasteiger partial charge in [-0.1, -0.05) is 56.8 Å². The van der Waals surface area contributed by atoms with Crippen LogP contribution in [0, 0.1) is 23.2 Å². The number of rotatable bonds is 7. The van der Waals surface area contributed by atoms with Crippen LogP contribution in [-0.4, -0.2) is 37.9 Å². The first-order valence-corrected chi connectivity index (χ1v) is 16.3. The van der Waals surface area contributed by atoms with Gasteiger partial charge >= 0.3 is 0 Å². The Hall–Kier alpha value is -1.64. The second kappa shape index (κ2) is 10.7. The maximum Gasteiger partial charge on any atom is 0.243 e. The molecule has 4 aliphatic rings. The Morgan fingerprint density at radius 1 is 0.921 bits per heavy atom. The van der Waals surface area contributed by atoms with Gasteiger partial charge in [0.25, 0.3) is 0 Å². The number of fused-ring (bicyclic) bond motifs is 2. The molecule has 38 heavy (non-hydrogen) atoms. The minimum Gasteiger partial charge on any atom is -0.353 e. The third-order valence-corrected chi connectivity index (χ3v) is 11.8. The van der Waals surface area contributed by atoms with Gasteiger partial charge in [-0.15, -0.1) is 0 Å². The molecule has 7 nitrogen and oxygen atoms in total. The molecule has 0 aliphatic heterocycles. The van der Waals surface area contributed by atoms with Crippen molar-refractivity contribution in [2.75, 3.05) is 0 Å². The average molecular weight is 564 g/mol. The molecule has 0 spiro atoms. The molecular formula is C29H42ClN3O4S. The zero-order valence-electron chi connectivity index (χ0n) is 22.6. The normalized spacial score (nSPS) is 33.1. The van der Waals surface area contributed by atoms with Crippen LogP contribution in [0.1, 0.15) is 90.9 Å². The number of halogens is 1. The largest absolute Gasteiger partial charge is 0.353 e. The SMILES string of the molecule is CC1CC2CC(C)(C(=O)NC3CCCCC3)CC(C1)C2NC(=O)C1(NS(=O)(=O)c2ccccc2Cl)CCC1. The number of sulfonamides is 1. The number of amides is 2. The van der Waals surface area contributed by atoms with Crippen molar-refractivity contribution in [2.24, 2.45) is 23.2 Å². The molecule has 2 atom stereocenters. The predicted molar refractivity (Wildman–Crippen MR) is 148 cm³/mol. The first-order valence-electron chi connectivity index (χ1n) is 14.4. The third kappa shape index (κ3) is 5.50. The van der Waals surface area contributed by atoms with Crippen molar-refractivity contribution in [3.8, 4) is 0 Å². The number of benzene rings is 1. The summed E-state index contributed by atoms with van der Waals surface area (Å²) in [6.45, 7) is 4.36. The molecule has 1 aromatic carbocycles. The van der Waals surface area contributed by atoms with Crippen LogP contribution < -0.4 is 15.4 Å². The first kappa shape index (κ1) is 27.9. The topological polar surface area (TPSA) is 104 Å². The molecule has 1 aromatic rings. The first-order chi connectivity index (χ1) is 18.0. The summed E-state index contributed by atoms with van der Waals surface area (Å²) in [6, 6.07) is 6.54. The van der Waals surface area contributed by atoms with E-state index in [0.29, 0.717) is 18.8 Å². The zero-order valence-corrected chi connectivity index (χ0v) is 24.2. The standard InChI is InChI=1S/C29H42ClN3O4S/c1-19-15-20-17-28(2,26(34)31-22-9-4-3-5-10-22)18-21(16-19)25(20)32-27(35)29(13-8-14-29)33-38(36,37)24-12-7-6-11-23(24)30/h6-7,11-12,19-22,25,33H,3-5,8-10,13-18H2,1-2H3,(H,31,34)(H,32,35). The van der Waals surface area contributed by atoms with E-state index in [1.165, 1.54) is 31.4 Å². The Kier molecular flexibility index (Phi) is 7.88. The predicted octanol–water partition coefficient (Wildman–Crippen LogP) is 4.94. The molecule has 210 valence electrons. The van der Waals surface area contributed by atoms with Crippen LogP contribution in [-0.2, 0) is 19.6 Å². The lowest BCUT2D eigenvalue weighted by atomic mass is 9.56. The lowest BCUT2D eigenvalue weighted by Gasteiger charge is -2.53. The van der Waals surface area contributed by atoms with Crippen LogP contribution in [0.25, 0.3) is 0 Å². The van der Waals surface area contributed by atoms with Crippen molar-refractivity contribution in [3.05, 3.63) is 29.3 Å². The van der Waals surface area contributed by atoms with Gasteiger partial charge in [0.1, 0.15) is 10.4 Å². The molecule has 5 rings (SSSR count). The molecule has 9 heteroatoms. The summed E-state index contributed by atoms with van der Waals surface area (Å²) >= 11 is 6.17. The van der Waals surface area contributed by atoms with Crippen molar-refractivity contribution in [3.63, 3.8) is 0 Å². The highest BCUT2D eigenvalue weighted by Crippen LogP contribution is 2.51. The van der Waals surface area contributed by atoms with Crippen LogP contribution in [0.2, 0.25) is 5.02 Å². The minimum absolute atomic E-state index is 0.0103. The van der Waals surface area contributed by atoms with Crippen LogP contribution in [0.3, 0.4) is 0 Å². The minimum atomic E-state index is -3.96. The van der Waals surface area contributed by atoms with Gasteiger partial charge in [0.2, 0.25) is 21.8 Å². The van der Waals surface area contributed by atoms with Gasteiger partial charge in [-0.25, -0.2) is 8.42 Å². The smallest absolute Gasteiger partial charge is 0.243 e. The second-order valence-corrected chi connectivity index (χ2v) is 14.9. The summed E-state index contributed by atoms with van der Waals surface area (Å²) in [5, 5.41) is 6.80. The highest BCUT2D eigenvalue weighted by molar-refractivity contribution is 7.89. The summed E-state index contributed by atoms with van der Waals surface area (Å²) < 4.78 is 29.1. The Morgan fingerprint density at radius 2 is 1.55 bits per heavy atom. The lowest BCUT2D eigenvalue weighted by molar-refractivity contribution is -0.140. The fraction of sp³-hybridized carbons (Fsp3) is 0.724. The quantitative estimate of drug-likeness (QED) is 0.437. The fourth-order valence-electron chi connectivity index (χ4n) is 7.67. The number of carbonyl (C=O) groups excluding carboxylic acids is 2. The van der Waals surface area contributed by atoms with Gasteiger partial charge in [-0.2, -0.15) is 4.72 Å². The summed E-state index contributed by atoms with van der Waals surface area (Å²) in [4.78, 5) is 27.2. The number of nitrogens with one attached hydrogen (secondary N) is 3. The molecule has 2 bridgehead atoms. The number of hydrogen-bond donors (Lipinski definition) is 3. The second-order valence-electron chi connectivity index (χ2n) is 12.8. The number of carbonyl (C=O) groups is 2. The molecule has 3 N–H and O–H groups in total. The van der Waals surface area contributed by atoms with E-state index in [0.717, 1.165) is 44.9 Å². The highest BCUT2D eigenvalue weighted by atomic mass is 35.5. The van der Waals surface area contributed by atoms with Crippen LogP contribution in [0.5, 0.6) is 0 Å². The highest BCUT2D eigenvalue weighted by Gasteiger charge is 2.53. The Labute approximate surface area is 232 Å². The molecule has 0 heterocycles. The molecule has 4 fully saturated rings. The molecule has 0 radical (unpaired) electrons. The molecule has 0 aromatic heterocycles. The van der Waals surface area contributed by atoms with Gasteiger partial charge in [0.15, 0.2) is 0 Å². The third-order valence-electron chi connectivity index (χ3n) is 9.74. The van der Waals surface area contributed by atoms with Crippen molar-refractivity contribution in [1.82, 2.24) is 15.4 Å². The van der Waals surface area contributed by atoms with E-state index < -0.39 is 21.0 Å². The molecule has 2 amide bonds. The maximum atomic E-state index is 13.7. The van der Waals surface area contributed by atoms with Crippen LogP contribution in [0.15, 0.2) is 29.2 Å². The van der Waals surface area contributed by atoms with E-state index in [4.69, 9.17) is 11.6 Å². The van der Waals surface area contributed by atoms with Gasteiger partial charge in [0, 0.05) is 17.5 Å². The Bertz CT molecular complexity index is 1150. The van der Waals surface area contributed by atoms with E-state index in [1.54, 1.807) is 12.1 Å². The summed E-state index contributed by atoms with van der Waals surface area (Å²) in [5.41, 5.74) is -1.59. The monoisotopic (exact) mass is 563 g/mol. The number of hydrogen-bond acceptors (Lipinski definition) is 4. The summed E-state index contributed by atoms with van der Waals surface area (Å²) in [6.07, 6.45) is 10.9. The van der Waals surface area contributed by atoms with E-state index in [-0.39, 0.29) is 45.7 Å². The van der Waals surface area contributed by atoms with E-state index in [9.17, 15) is 18.0 Å². The molecule has 4 saturated carbocycles. The molecule has 4 aliphatic carbocycles. The van der Waals surface area contributed by atoms with Crippen LogP contribution >= 0.6 is 11.6 Å². The maximum absolute atomic E-state index is 13.7. The van der Waals surface area contributed by atoms with E-state index >= 15 is 0 Å². The summed E-state index contributed by atoms with van der Waals surface area (Å²) in [5.74, 6) is 0.855. The molecule has 0 saturated heterocycles.